The molecule has 0 unspecified atom stereocenters. The zero-order chi connectivity index (χ0) is 18.4. The standard InChI is InChI=1S/C19H14N4O4/c1-25-19-17(12-4-2-3-7-20-12)18-21-13(9-16(24)23(18)22-19)11-5-6-14-15(8-11)27-10-26-14/h2-9,21H,10H2,1H3. The van der Waals surface area contributed by atoms with Gasteiger partial charge in [-0.2, -0.15) is 4.52 Å². The van der Waals surface area contributed by atoms with Gasteiger partial charge in [0.05, 0.1) is 18.5 Å². The van der Waals surface area contributed by atoms with Crippen LogP contribution in [0.5, 0.6) is 17.4 Å². The largest absolute Gasteiger partial charge is 0.479 e. The third kappa shape index (κ3) is 2.42. The molecule has 0 aliphatic carbocycles. The molecule has 0 fully saturated rings. The molecule has 27 heavy (non-hydrogen) atoms. The highest BCUT2D eigenvalue weighted by atomic mass is 16.7. The molecule has 8 nitrogen and oxygen atoms in total. The molecule has 0 spiro atoms. The van der Waals surface area contributed by atoms with Crippen LogP contribution >= 0.6 is 0 Å². The molecule has 0 saturated carbocycles. The molecule has 1 aromatic carbocycles. The van der Waals surface area contributed by atoms with E-state index in [2.05, 4.69) is 15.1 Å². The number of nitrogens with one attached hydrogen (secondary N) is 1. The summed E-state index contributed by atoms with van der Waals surface area (Å²) in [5.41, 5.74) is 2.93. The third-order valence-corrected chi connectivity index (χ3v) is 4.38. The Bertz CT molecular complexity index is 1210. The minimum Gasteiger partial charge on any atom is -0.479 e. The molecule has 0 radical (unpaired) electrons. The van der Waals surface area contributed by atoms with Crippen LogP contribution < -0.4 is 19.8 Å². The van der Waals surface area contributed by atoms with Crippen molar-refractivity contribution in [3.8, 4) is 39.9 Å². The molecule has 0 bridgehead atoms. The summed E-state index contributed by atoms with van der Waals surface area (Å²) in [6, 6.07) is 12.5. The number of methoxy groups -OCH3 is 1. The van der Waals surface area contributed by atoms with Crippen molar-refractivity contribution in [1.29, 1.82) is 0 Å². The van der Waals surface area contributed by atoms with E-state index in [1.165, 1.54) is 17.7 Å². The number of aromatic nitrogens is 4. The summed E-state index contributed by atoms with van der Waals surface area (Å²) in [5.74, 6) is 1.65. The van der Waals surface area contributed by atoms with Crippen molar-refractivity contribution in [1.82, 2.24) is 19.6 Å². The van der Waals surface area contributed by atoms with E-state index in [1.54, 1.807) is 6.20 Å². The fourth-order valence-corrected chi connectivity index (χ4v) is 3.13. The minimum atomic E-state index is -0.281. The van der Waals surface area contributed by atoms with Crippen LogP contribution in [0.2, 0.25) is 0 Å². The van der Waals surface area contributed by atoms with Gasteiger partial charge in [0.2, 0.25) is 12.7 Å². The number of benzene rings is 1. The van der Waals surface area contributed by atoms with Gasteiger partial charge in [0, 0.05) is 17.8 Å². The molecule has 3 aromatic heterocycles. The lowest BCUT2D eigenvalue weighted by molar-refractivity contribution is 0.174. The second-order valence-corrected chi connectivity index (χ2v) is 5.95. The smallest absolute Gasteiger partial charge is 0.275 e. The summed E-state index contributed by atoms with van der Waals surface area (Å²) in [6.45, 7) is 0.192. The molecule has 1 aliphatic heterocycles. The Balaban J connectivity index is 1.76. The van der Waals surface area contributed by atoms with Crippen molar-refractivity contribution >= 4 is 5.65 Å². The Morgan fingerprint density at radius 1 is 1.15 bits per heavy atom. The van der Waals surface area contributed by atoms with E-state index in [0.29, 0.717) is 40.0 Å². The Kier molecular flexibility index (Phi) is 3.36. The molecular weight excluding hydrogens is 348 g/mol. The van der Waals surface area contributed by atoms with Crippen LogP contribution in [0, 0.1) is 0 Å². The average Bonchev–Trinajstić information content (AvgIpc) is 3.32. The number of H-pyrrole nitrogens is 1. The van der Waals surface area contributed by atoms with Crippen molar-refractivity contribution < 1.29 is 14.2 Å². The first-order valence-electron chi connectivity index (χ1n) is 8.26. The lowest BCUT2D eigenvalue weighted by Gasteiger charge is -2.06. The maximum absolute atomic E-state index is 12.7. The van der Waals surface area contributed by atoms with Crippen molar-refractivity contribution in [2.75, 3.05) is 13.9 Å². The van der Waals surface area contributed by atoms with Gasteiger partial charge in [-0.25, -0.2) is 0 Å². The first kappa shape index (κ1) is 15.4. The van der Waals surface area contributed by atoms with E-state index in [4.69, 9.17) is 14.2 Å². The van der Waals surface area contributed by atoms with Gasteiger partial charge in [-0.1, -0.05) is 6.07 Å². The maximum atomic E-state index is 12.7. The number of ether oxygens (including phenoxy) is 3. The molecule has 4 aromatic rings. The van der Waals surface area contributed by atoms with Crippen LogP contribution in [-0.2, 0) is 0 Å². The predicted octanol–water partition coefficient (Wildman–Crippen LogP) is 2.49. The molecule has 4 heterocycles. The lowest BCUT2D eigenvalue weighted by Crippen LogP contribution is -2.14. The minimum absolute atomic E-state index is 0.192. The van der Waals surface area contributed by atoms with Crippen LogP contribution in [0.15, 0.2) is 53.5 Å². The fraction of sp³-hybridized carbons (Fsp3) is 0.105. The van der Waals surface area contributed by atoms with Crippen molar-refractivity contribution in [2.24, 2.45) is 0 Å². The van der Waals surface area contributed by atoms with Gasteiger partial charge in [0.1, 0.15) is 5.56 Å². The summed E-state index contributed by atoms with van der Waals surface area (Å²) in [7, 11) is 1.51. The summed E-state index contributed by atoms with van der Waals surface area (Å²) in [4.78, 5) is 20.3. The van der Waals surface area contributed by atoms with E-state index < -0.39 is 0 Å². The Labute approximate surface area is 153 Å². The van der Waals surface area contributed by atoms with E-state index >= 15 is 0 Å². The summed E-state index contributed by atoms with van der Waals surface area (Å²) in [6.07, 6.45) is 1.68. The molecule has 0 saturated heterocycles. The summed E-state index contributed by atoms with van der Waals surface area (Å²) < 4.78 is 17.4. The number of pyridine rings is 1. The third-order valence-electron chi connectivity index (χ3n) is 4.38. The molecule has 0 amide bonds. The van der Waals surface area contributed by atoms with Crippen LogP contribution in [0.4, 0.5) is 0 Å². The molecule has 1 N–H and O–H groups in total. The van der Waals surface area contributed by atoms with Crippen LogP contribution in [0.25, 0.3) is 28.2 Å². The van der Waals surface area contributed by atoms with Crippen LogP contribution in [0.3, 0.4) is 0 Å². The number of hydrogen-bond donors (Lipinski definition) is 1. The quantitative estimate of drug-likeness (QED) is 0.602. The highest BCUT2D eigenvalue weighted by molar-refractivity contribution is 5.81. The molecule has 134 valence electrons. The van der Waals surface area contributed by atoms with Gasteiger partial charge in [-0.3, -0.25) is 9.78 Å². The molecule has 5 rings (SSSR count). The lowest BCUT2D eigenvalue weighted by atomic mass is 10.1. The Morgan fingerprint density at radius 3 is 2.85 bits per heavy atom. The molecule has 1 aliphatic rings. The zero-order valence-electron chi connectivity index (χ0n) is 14.3. The monoisotopic (exact) mass is 362 g/mol. The van der Waals surface area contributed by atoms with E-state index in [1.807, 2.05) is 36.4 Å². The van der Waals surface area contributed by atoms with Gasteiger partial charge in [-0.15, -0.1) is 5.10 Å². The normalized spacial score (nSPS) is 12.5. The first-order valence-corrected chi connectivity index (χ1v) is 8.26. The number of hydrogen-bond acceptors (Lipinski definition) is 6. The fourth-order valence-electron chi connectivity index (χ4n) is 3.13. The zero-order valence-corrected chi connectivity index (χ0v) is 14.3. The maximum Gasteiger partial charge on any atom is 0.275 e. The van der Waals surface area contributed by atoms with Crippen LogP contribution in [0.1, 0.15) is 0 Å². The molecule has 8 heteroatoms. The highest BCUT2D eigenvalue weighted by Gasteiger charge is 2.20. The van der Waals surface area contributed by atoms with E-state index in [-0.39, 0.29) is 12.4 Å². The van der Waals surface area contributed by atoms with Crippen molar-refractivity contribution in [3.63, 3.8) is 0 Å². The predicted molar refractivity (Wildman–Crippen MR) is 97.2 cm³/mol. The number of fused-ring (bicyclic) bond motifs is 2. The van der Waals surface area contributed by atoms with Crippen molar-refractivity contribution in [3.05, 3.63) is 59.0 Å². The number of nitrogens with zero attached hydrogens (tertiary/aromatic N) is 3. The molecule has 0 atom stereocenters. The second-order valence-electron chi connectivity index (χ2n) is 5.95. The topological polar surface area (TPSA) is 90.7 Å². The van der Waals surface area contributed by atoms with Gasteiger partial charge in [0.15, 0.2) is 17.1 Å². The Hall–Kier alpha value is -3.81. The number of rotatable bonds is 3. The summed E-state index contributed by atoms with van der Waals surface area (Å²) in [5, 5.41) is 4.27. The number of aromatic amines is 1. The van der Waals surface area contributed by atoms with Gasteiger partial charge in [-0.05, 0) is 30.3 Å². The Morgan fingerprint density at radius 2 is 2.04 bits per heavy atom. The molecular formula is C19H14N4O4. The summed E-state index contributed by atoms with van der Waals surface area (Å²) >= 11 is 0. The van der Waals surface area contributed by atoms with Crippen molar-refractivity contribution in [2.45, 2.75) is 0 Å². The van der Waals surface area contributed by atoms with Crippen LogP contribution in [-0.4, -0.2) is 33.5 Å². The first-order chi connectivity index (χ1) is 13.2. The average molecular weight is 362 g/mol. The highest BCUT2D eigenvalue weighted by Crippen LogP contribution is 2.36. The van der Waals surface area contributed by atoms with E-state index in [9.17, 15) is 4.79 Å². The van der Waals surface area contributed by atoms with Gasteiger partial charge in [0.25, 0.3) is 5.56 Å². The van der Waals surface area contributed by atoms with Gasteiger partial charge >= 0.3 is 0 Å². The van der Waals surface area contributed by atoms with Gasteiger partial charge < -0.3 is 19.2 Å². The second kappa shape index (κ2) is 5.87. The van der Waals surface area contributed by atoms with E-state index in [0.717, 1.165) is 5.56 Å². The SMILES string of the molecule is COc1nn2c(=O)cc(-c3ccc4c(c3)OCO4)[nH]c2c1-c1ccccn1.